The van der Waals surface area contributed by atoms with E-state index >= 15 is 0 Å². The summed E-state index contributed by atoms with van der Waals surface area (Å²) in [6, 6.07) is 0. The molecule has 0 unspecified atom stereocenters. The van der Waals surface area contributed by atoms with Gasteiger partial charge in [-0.3, -0.25) is 4.99 Å². The lowest BCUT2D eigenvalue weighted by Crippen LogP contribution is -2.41. The number of thiazole rings is 1. The quantitative estimate of drug-likeness (QED) is 0.689. The average molecular weight is 306 g/mol. The van der Waals surface area contributed by atoms with Gasteiger partial charge in [-0.2, -0.15) is 0 Å². The van der Waals surface area contributed by atoms with Crippen molar-refractivity contribution >= 4 is 17.3 Å². The van der Waals surface area contributed by atoms with E-state index in [1.165, 1.54) is 44.3 Å². The number of aromatic nitrogens is 1. The molecular weight excluding hydrogens is 280 g/mol. The fraction of sp³-hybridized carbons (Fsp3) is 0.750. The molecule has 1 saturated carbocycles. The summed E-state index contributed by atoms with van der Waals surface area (Å²) in [5.41, 5.74) is 1.79. The van der Waals surface area contributed by atoms with Gasteiger partial charge in [0.05, 0.1) is 10.7 Å². The number of guanidine groups is 1. The van der Waals surface area contributed by atoms with Crippen LogP contribution in [0.4, 0.5) is 0 Å². The number of aryl methyl sites for hydroxylation is 1. The summed E-state index contributed by atoms with van der Waals surface area (Å²) in [7, 11) is 1.90. The molecule has 1 aromatic heterocycles. The standard InChI is InChI=1S/C16H26N4S/c1-13-19-14(11-21-13)5-9-18-15(17-2)20-10-8-16(12-20)6-3-4-7-16/h11H,3-10,12H2,1-2H3,(H,17,18). The summed E-state index contributed by atoms with van der Waals surface area (Å²) < 4.78 is 0. The Morgan fingerprint density at radius 3 is 2.90 bits per heavy atom. The molecule has 0 radical (unpaired) electrons. The molecule has 2 aliphatic rings. The zero-order valence-corrected chi connectivity index (χ0v) is 14.0. The molecule has 3 rings (SSSR count). The lowest BCUT2D eigenvalue weighted by molar-refractivity contribution is 0.309. The number of aliphatic imine (C=N–C) groups is 1. The van der Waals surface area contributed by atoms with Crippen LogP contribution in [0, 0.1) is 12.3 Å². The van der Waals surface area contributed by atoms with Crippen LogP contribution in [0.5, 0.6) is 0 Å². The fourth-order valence-corrected chi connectivity index (χ4v) is 4.45. The van der Waals surface area contributed by atoms with Crippen molar-refractivity contribution in [3.05, 3.63) is 16.1 Å². The van der Waals surface area contributed by atoms with Crippen molar-refractivity contribution in [2.75, 3.05) is 26.7 Å². The van der Waals surface area contributed by atoms with Gasteiger partial charge >= 0.3 is 0 Å². The summed E-state index contributed by atoms with van der Waals surface area (Å²) in [6.07, 6.45) is 7.99. The number of rotatable bonds is 3. The number of likely N-dealkylation sites (tertiary alicyclic amines) is 1. The Morgan fingerprint density at radius 1 is 1.43 bits per heavy atom. The lowest BCUT2D eigenvalue weighted by Gasteiger charge is -2.25. The topological polar surface area (TPSA) is 40.5 Å². The van der Waals surface area contributed by atoms with E-state index in [1.807, 2.05) is 7.05 Å². The van der Waals surface area contributed by atoms with Gasteiger partial charge in [0.25, 0.3) is 0 Å². The number of nitrogens with one attached hydrogen (secondary N) is 1. The van der Waals surface area contributed by atoms with E-state index in [9.17, 15) is 0 Å². The Balaban J connectivity index is 1.49. The maximum absolute atomic E-state index is 4.51. The van der Waals surface area contributed by atoms with E-state index in [1.54, 1.807) is 11.3 Å². The summed E-state index contributed by atoms with van der Waals surface area (Å²) in [6.45, 7) is 5.34. The van der Waals surface area contributed by atoms with Gasteiger partial charge in [-0.15, -0.1) is 11.3 Å². The van der Waals surface area contributed by atoms with Crippen molar-refractivity contribution in [3.63, 3.8) is 0 Å². The molecule has 2 heterocycles. The molecule has 1 aromatic rings. The molecule has 116 valence electrons. The molecule has 2 fully saturated rings. The van der Waals surface area contributed by atoms with E-state index in [0.29, 0.717) is 5.41 Å². The van der Waals surface area contributed by atoms with E-state index in [4.69, 9.17) is 0 Å². The maximum atomic E-state index is 4.51. The van der Waals surface area contributed by atoms with Crippen LogP contribution in [0.15, 0.2) is 10.4 Å². The predicted octanol–water partition coefficient (Wildman–Crippen LogP) is 2.84. The normalized spacial score (nSPS) is 21.4. The molecule has 5 heteroatoms. The third-order valence-corrected chi connectivity index (χ3v) is 5.77. The monoisotopic (exact) mass is 306 g/mol. The van der Waals surface area contributed by atoms with Gasteiger partial charge in [0.15, 0.2) is 5.96 Å². The Kier molecular flexibility index (Phi) is 4.48. The zero-order valence-electron chi connectivity index (χ0n) is 13.2. The Morgan fingerprint density at radius 2 is 2.24 bits per heavy atom. The van der Waals surface area contributed by atoms with Crippen molar-refractivity contribution in [2.45, 2.75) is 45.4 Å². The van der Waals surface area contributed by atoms with Crippen LogP contribution in [0.25, 0.3) is 0 Å². The molecule has 1 aliphatic carbocycles. The predicted molar refractivity (Wildman–Crippen MR) is 89.0 cm³/mol. The van der Waals surface area contributed by atoms with E-state index in [-0.39, 0.29) is 0 Å². The van der Waals surface area contributed by atoms with Crippen LogP contribution in [0.1, 0.15) is 42.8 Å². The van der Waals surface area contributed by atoms with Gasteiger partial charge in [-0.05, 0) is 31.6 Å². The highest BCUT2D eigenvalue weighted by Crippen LogP contribution is 2.45. The van der Waals surface area contributed by atoms with Crippen LogP contribution < -0.4 is 5.32 Å². The first-order valence-electron chi connectivity index (χ1n) is 8.07. The van der Waals surface area contributed by atoms with Gasteiger partial charge < -0.3 is 10.2 Å². The molecule has 4 nitrogen and oxygen atoms in total. The van der Waals surface area contributed by atoms with Gasteiger partial charge in [0.1, 0.15) is 0 Å². The molecule has 0 bridgehead atoms. The van der Waals surface area contributed by atoms with Crippen molar-refractivity contribution in [1.29, 1.82) is 0 Å². The molecule has 1 aliphatic heterocycles. The van der Waals surface area contributed by atoms with Gasteiger partial charge in [0.2, 0.25) is 0 Å². The summed E-state index contributed by atoms with van der Waals surface area (Å²) in [4.78, 5) is 11.4. The third kappa shape index (κ3) is 3.39. The van der Waals surface area contributed by atoms with Gasteiger partial charge in [-0.1, -0.05) is 12.8 Å². The minimum Gasteiger partial charge on any atom is -0.356 e. The summed E-state index contributed by atoms with van der Waals surface area (Å²) in [5, 5.41) is 6.82. The first kappa shape index (κ1) is 14.8. The molecule has 0 aromatic carbocycles. The van der Waals surface area contributed by atoms with E-state index in [0.717, 1.165) is 30.5 Å². The second-order valence-corrected chi connectivity index (χ2v) is 7.52. The second kappa shape index (κ2) is 6.34. The van der Waals surface area contributed by atoms with E-state index < -0.39 is 0 Å². The molecular formula is C16H26N4S. The summed E-state index contributed by atoms with van der Waals surface area (Å²) in [5.74, 6) is 1.07. The highest BCUT2D eigenvalue weighted by Gasteiger charge is 2.40. The van der Waals surface area contributed by atoms with Crippen molar-refractivity contribution in [2.24, 2.45) is 10.4 Å². The first-order chi connectivity index (χ1) is 10.2. The lowest BCUT2D eigenvalue weighted by atomic mass is 9.86. The fourth-order valence-electron chi connectivity index (χ4n) is 3.81. The highest BCUT2D eigenvalue weighted by molar-refractivity contribution is 7.09. The zero-order chi connectivity index (χ0) is 14.7. The van der Waals surface area contributed by atoms with Crippen molar-refractivity contribution in [1.82, 2.24) is 15.2 Å². The van der Waals surface area contributed by atoms with Crippen LogP contribution >= 0.6 is 11.3 Å². The Labute approximate surface area is 131 Å². The van der Waals surface area contributed by atoms with Gasteiger partial charge in [-0.25, -0.2) is 4.98 Å². The Hall–Kier alpha value is -1.10. The molecule has 0 amide bonds. The number of hydrogen-bond acceptors (Lipinski definition) is 3. The number of hydrogen-bond donors (Lipinski definition) is 1. The van der Waals surface area contributed by atoms with E-state index in [2.05, 4.69) is 32.5 Å². The Bertz CT molecular complexity index is 502. The highest BCUT2D eigenvalue weighted by atomic mass is 32.1. The van der Waals surface area contributed by atoms with Crippen LogP contribution in [-0.2, 0) is 6.42 Å². The molecule has 1 saturated heterocycles. The largest absolute Gasteiger partial charge is 0.356 e. The molecule has 0 atom stereocenters. The second-order valence-electron chi connectivity index (χ2n) is 6.46. The summed E-state index contributed by atoms with van der Waals surface area (Å²) >= 11 is 1.73. The number of nitrogens with zero attached hydrogens (tertiary/aromatic N) is 3. The van der Waals surface area contributed by atoms with Crippen molar-refractivity contribution < 1.29 is 0 Å². The minimum atomic E-state index is 0.601. The maximum Gasteiger partial charge on any atom is 0.193 e. The smallest absolute Gasteiger partial charge is 0.193 e. The SMILES string of the molecule is CN=C(NCCc1csc(C)n1)N1CCC2(CCCC2)C1. The minimum absolute atomic E-state index is 0.601. The first-order valence-corrected chi connectivity index (χ1v) is 8.95. The van der Waals surface area contributed by atoms with Crippen molar-refractivity contribution in [3.8, 4) is 0 Å². The average Bonchev–Trinajstić information content (AvgIpc) is 3.19. The molecule has 1 spiro atoms. The molecule has 1 N–H and O–H groups in total. The van der Waals surface area contributed by atoms with Crippen LogP contribution in [0.2, 0.25) is 0 Å². The third-order valence-electron chi connectivity index (χ3n) is 4.94. The van der Waals surface area contributed by atoms with Crippen LogP contribution in [0.3, 0.4) is 0 Å². The van der Waals surface area contributed by atoms with Crippen LogP contribution in [-0.4, -0.2) is 42.5 Å². The molecule has 21 heavy (non-hydrogen) atoms. The van der Waals surface area contributed by atoms with Gasteiger partial charge in [0, 0.05) is 38.5 Å².